The van der Waals surface area contributed by atoms with Gasteiger partial charge >= 0.3 is 6.61 Å². The van der Waals surface area contributed by atoms with Crippen molar-refractivity contribution in [2.24, 2.45) is 5.73 Å². The van der Waals surface area contributed by atoms with Gasteiger partial charge in [0.1, 0.15) is 5.75 Å². The maximum Gasteiger partial charge on any atom is 0.387 e. The molecule has 0 saturated carbocycles. The van der Waals surface area contributed by atoms with E-state index in [0.717, 1.165) is 5.56 Å². The second-order valence-electron chi connectivity index (χ2n) is 3.05. The Morgan fingerprint density at radius 3 is 2.57 bits per heavy atom. The van der Waals surface area contributed by atoms with E-state index in [0.29, 0.717) is 6.54 Å². The Labute approximate surface area is 81.7 Å². The molecular weight excluding hydrogens is 188 g/mol. The summed E-state index contributed by atoms with van der Waals surface area (Å²) in [5.74, 6) is 0.227. The van der Waals surface area contributed by atoms with Crippen molar-refractivity contribution >= 4 is 0 Å². The van der Waals surface area contributed by atoms with Crippen molar-refractivity contribution in [1.29, 1.82) is 0 Å². The van der Waals surface area contributed by atoms with Gasteiger partial charge in [0.25, 0.3) is 0 Å². The van der Waals surface area contributed by atoms with E-state index in [2.05, 4.69) is 4.74 Å². The number of rotatable bonds is 4. The van der Waals surface area contributed by atoms with Gasteiger partial charge in [-0.05, 0) is 24.1 Å². The molecule has 0 bridgehead atoms. The molecule has 2 nitrogen and oxygen atoms in total. The minimum Gasteiger partial charge on any atom is -0.435 e. The highest BCUT2D eigenvalue weighted by molar-refractivity contribution is 5.36. The van der Waals surface area contributed by atoms with Gasteiger partial charge < -0.3 is 10.5 Å². The normalized spacial score (nSPS) is 12.9. The maximum absolute atomic E-state index is 12.0. The van der Waals surface area contributed by atoms with Crippen LogP contribution in [0.4, 0.5) is 8.78 Å². The molecule has 0 aromatic heterocycles. The van der Waals surface area contributed by atoms with Crippen molar-refractivity contribution < 1.29 is 13.5 Å². The van der Waals surface area contributed by atoms with E-state index in [1.54, 1.807) is 18.2 Å². The molecule has 4 heteroatoms. The maximum atomic E-state index is 12.0. The van der Waals surface area contributed by atoms with E-state index in [4.69, 9.17) is 5.73 Å². The van der Waals surface area contributed by atoms with Gasteiger partial charge in [-0.2, -0.15) is 8.78 Å². The third kappa shape index (κ3) is 2.67. The fourth-order valence-electron chi connectivity index (χ4n) is 1.22. The average molecular weight is 201 g/mol. The van der Waals surface area contributed by atoms with Gasteiger partial charge in [-0.1, -0.05) is 25.1 Å². The lowest BCUT2D eigenvalue weighted by Crippen LogP contribution is -2.12. The number of hydrogen-bond donors (Lipinski definition) is 1. The van der Waals surface area contributed by atoms with E-state index in [1.807, 2.05) is 6.92 Å². The summed E-state index contributed by atoms with van der Waals surface area (Å²) >= 11 is 0. The lowest BCUT2D eigenvalue weighted by atomic mass is 10.0. The second kappa shape index (κ2) is 4.91. The van der Waals surface area contributed by atoms with Gasteiger partial charge in [0, 0.05) is 0 Å². The van der Waals surface area contributed by atoms with E-state index in [1.165, 1.54) is 6.07 Å². The van der Waals surface area contributed by atoms with Crippen molar-refractivity contribution in [3.05, 3.63) is 29.8 Å². The molecule has 14 heavy (non-hydrogen) atoms. The number of nitrogens with two attached hydrogens (primary N) is 1. The van der Waals surface area contributed by atoms with Crippen LogP contribution >= 0.6 is 0 Å². The summed E-state index contributed by atoms with van der Waals surface area (Å²) in [5, 5.41) is 0. The largest absolute Gasteiger partial charge is 0.435 e. The van der Waals surface area contributed by atoms with E-state index in [9.17, 15) is 8.78 Å². The Hall–Kier alpha value is -1.16. The first-order valence-electron chi connectivity index (χ1n) is 4.39. The predicted molar refractivity (Wildman–Crippen MR) is 50.5 cm³/mol. The molecule has 0 amide bonds. The topological polar surface area (TPSA) is 35.2 Å². The monoisotopic (exact) mass is 201 g/mol. The molecule has 0 saturated heterocycles. The van der Waals surface area contributed by atoms with Crippen LogP contribution in [0.1, 0.15) is 18.4 Å². The molecule has 1 aromatic carbocycles. The Bertz CT molecular complexity index is 291. The molecule has 0 unspecified atom stereocenters. The molecule has 0 fully saturated rings. The van der Waals surface area contributed by atoms with Crippen LogP contribution in [0.2, 0.25) is 0 Å². The van der Waals surface area contributed by atoms with Gasteiger partial charge in [0.05, 0.1) is 0 Å². The molecule has 0 heterocycles. The second-order valence-corrected chi connectivity index (χ2v) is 3.05. The summed E-state index contributed by atoms with van der Waals surface area (Å²) in [6, 6.07) is 6.70. The van der Waals surface area contributed by atoms with Crippen LogP contribution in [0.3, 0.4) is 0 Å². The molecule has 0 aliphatic carbocycles. The Balaban J connectivity index is 2.91. The van der Waals surface area contributed by atoms with E-state index >= 15 is 0 Å². The van der Waals surface area contributed by atoms with Crippen molar-refractivity contribution in [2.75, 3.05) is 6.54 Å². The zero-order chi connectivity index (χ0) is 10.6. The summed E-state index contributed by atoms with van der Waals surface area (Å²) in [6.07, 6.45) is 0. The van der Waals surface area contributed by atoms with Crippen molar-refractivity contribution in [3.8, 4) is 5.75 Å². The van der Waals surface area contributed by atoms with Crippen LogP contribution in [0, 0.1) is 0 Å². The van der Waals surface area contributed by atoms with E-state index in [-0.39, 0.29) is 11.7 Å². The van der Waals surface area contributed by atoms with Crippen LogP contribution in [0.15, 0.2) is 24.3 Å². The molecule has 78 valence electrons. The molecule has 1 aromatic rings. The zero-order valence-electron chi connectivity index (χ0n) is 7.91. The fourth-order valence-corrected chi connectivity index (χ4v) is 1.22. The Morgan fingerprint density at radius 2 is 2.00 bits per heavy atom. The molecule has 0 radical (unpaired) electrons. The van der Waals surface area contributed by atoms with Crippen LogP contribution in [0.25, 0.3) is 0 Å². The summed E-state index contributed by atoms with van der Waals surface area (Å²) < 4.78 is 28.4. The molecule has 1 atom stereocenters. The smallest absolute Gasteiger partial charge is 0.387 e. The predicted octanol–water partition coefficient (Wildman–Crippen LogP) is 2.35. The quantitative estimate of drug-likeness (QED) is 0.811. The van der Waals surface area contributed by atoms with Crippen LogP contribution in [0.5, 0.6) is 5.75 Å². The van der Waals surface area contributed by atoms with Gasteiger partial charge in [-0.25, -0.2) is 0 Å². The highest BCUT2D eigenvalue weighted by atomic mass is 19.3. The first-order valence-corrected chi connectivity index (χ1v) is 4.39. The third-order valence-corrected chi connectivity index (χ3v) is 2.02. The summed E-state index contributed by atoms with van der Waals surface area (Å²) in [7, 11) is 0. The molecule has 1 rings (SSSR count). The Kier molecular flexibility index (Phi) is 3.83. The molecule has 2 N–H and O–H groups in total. The minimum atomic E-state index is -2.79. The standard InChI is InChI=1S/C10H13F2NO/c1-7(6-13)8-4-2-3-5-9(8)14-10(11)12/h2-5,7,10H,6,13H2,1H3/t7-/m1/s1. The summed E-state index contributed by atoms with van der Waals surface area (Å²) in [5.41, 5.74) is 6.18. The zero-order valence-corrected chi connectivity index (χ0v) is 7.91. The Morgan fingerprint density at radius 1 is 1.36 bits per heavy atom. The molecular formula is C10H13F2NO. The average Bonchev–Trinajstić information content (AvgIpc) is 2.16. The fraction of sp³-hybridized carbons (Fsp3) is 0.400. The van der Waals surface area contributed by atoms with Crippen molar-refractivity contribution in [2.45, 2.75) is 19.5 Å². The van der Waals surface area contributed by atoms with Gasteiger partial charge in [0.2, 0.25) is 0 Å². The highest BCUT2D eigenvalue weighted by Crippen LogP contribution is 2.26. The number of halogens is 2. The first kappa shape index (κ1) is 10.9. The number of hydrogen-bond acceptors (Lipinski definition) is 2. The number of benzene rings is 1. The minimum absolute atomic E-state index is 0.0185. The number of alkyl halides is 2. The third-order valence-electron chi connectivity index (χ3n) is 2.02. The summed E-state index contributed by atoms with van der Waals surface area (Å²) in [6.45, 7) is -0.516. The summed E-state index contributed by atoms with van der Waals surface area (Å²) in [4.78, 5) is 0. The SMILES string of the molecule is C[C@H](CN)c1ccccc1OC(F)F. The lowest BCUT2D eigenvalue weighted by molar-refractivity contribution is -0.0505. The number of ether oxygens (including phenoxy) is 1. The molecule has 0 aliphatic rings. The van der Waals surface area contributed by atoms with E-state index < -0.39 is 6.61 Å². The first-order chi connectivity index (χ1) is 6.65. The van der Waals surface area contributed by atoms with Crippen molar-refractivity contribution in [1.82, 2.24) is 0 Å². The van der Waals surface area contributed by atoms with Crippen molar-refractivity contribution in [3.63, 3.8) is 0 Å². The highest BCUT2D eigenvalue weighted by Gasteiger charge is 2.12. The molecule has 0 aliphatic heterocycles. The number of para-hydroxylation sites is 1. The van der Waals surface area contributed by atoms with Crippen LogP contribution in [-0.4, -0.2) is 13.2 Å². The van der Waals surface area contributed by atoms with Gasteiger partial charge in [-0.15, -0.1) is 0 Å². The lowest BCUT2D eigenvalue weighted by Gasteiger charge is -2.14. The van der Waals surface area contributed by atoms with Gasteiger partial charge in [-0.3, -0.25) is 0 Å². The van der Waals surface area contributed by atoms with Crippen LogP contribution < -0.4 is 10.5 Å². The van der Waals surface area contributed by atoms with Crippen LogP contribution in [-0.2, 0) is 0 Å². The van der Waals surface area contributed by atoms with Gasteiger partial charge in [0.15, 0.2) is 0 Å². The molecule has 0 spiro atoms.